The first-order chi connectivity index (χ1) is 14.1. The van der Waals surface area contributed by atoms with Crippen molar-refractivity contribution in [2.24, 2.45) is 5.92 Å². The van der Waals surface area contributed by atoms with Crippen LogP contribution >= 0.6 is 0 Å². The van der Waals surface area contributed by atoms with Gasteiger partial charge in [0.2, 0.25) is 0 Å². The summed E-state index contributed by atoms with van der Waals surface area (Å²) >= 11 is 0. The normalized spacial score (nSPS) is 16.0. The minimum atomic E-state index is -2.72. The second kappa shape index (κ2) is 11.0. The Balaban J connectivity index is 1.94. The Kier molecular flexibility index (Phi) is 8.94. The van der Waals surface area contributed by atoms with Crippen molar-refractivity contribution in [2.45, 2.75) is 83.9 Å². The smallest absolute Gasteiger partial charge is 0.250 e. The molecule has 0 saturated carbocycles. The van der Waals surface area contributed by atoms with Crippen LogP contribution in [0.4, 0.5) is 8.78 Å². The zero-order valence-corrected chi connectivity index (χ0v) is 19.1. The fraction of sp³-hybridized carbons (Fsp3) is 0.538. The summed E-state index contributed by atoms with van der Waals surface area (Å²) in [6.45, 7) is 17.9. The predicted octanol–water partition coefficient (Wildman–Crippen LogP) is 6.83. The summed E-state index contributed by atoms with van der Waals surface area (Å²) in [6, 6.07) is 6.44. The maximum absolute atomic E-state index is 13.2. The lowest BCUT2D eigenvalue weighted by Crippen LogP contribution is -2.41. The minimum absolute atomic E-state index is 0.166. The van der Waals surface area contributed by atoms with E-state index in [4.69, 9.17) is 0 Å². The van der Waals surface area contributed by atoms with Gasteiger partial charge in [0.15, 0.2) is 7.28 Å². The average Bonchev–Trinajstić information content (AvgIpc) is 2.66. The third-order valence-electron chi connectivity index (χ3n) is 6.33. The Morgan fingerprint density at radius 1 is 1.20 bits per heavy atom. The lowest BCUT2D eigenvalue weighted by molar-refractivity contribution is 0.0211. The van der Waals surface area contributed by atoms with Crippen molar-refractivity contribution in [3.8, 4) is 0 Å². The van der Waals surface area contributed by atoms with Crippen LogP contribution in [-0.2, 0) is 12.7 Å². The summed E-state index contributed by atoms with van der Waals surface area (Å²) in [4.78, 5) is 0. The molecule has 1 unspecified atom stereocenters. The highest BCUT2D eigenvalue weighted by atomic mass is 19.3. The Bertz CT molecular complexity index is 759. The summed E-state index contributed by atoms with van der Waals surface area (Å²) in [5.41, 5.74) is 6.95. The highest BCUT2D eigenvalue weighted by Gasteiger charge is 2.26. The molecule has 1 aromatic carbocycles. The number of hydrogen-bond donors (Lipinski definition) is 1. The topological polar surface area (TPSA) is 12.0 Å². The van der Waals surface area contributed by atoms with Crippen LogP contribution in [0.2, 0.25) is 0 Å². The van der Waals surface area contributed by atoms with E-state index in [1.807, 2.05) is 0 Å². The molecule has 0 aromatic heterocycles. The molecule has 1 atom stereocenters. The summed E-state index contributed by atoms with van der Waals surface area (Å²) in [7, 11) is 0.928. The van der Waals surface area contributed by atoms with Gasteiger partial charge in [0.1, 0.15) is 0 Å². The quantitative estimate of drug-likeness (QED) is 0.293. The van der Waals surface area contributed by atoms with Gasteiger partial charge in [-0.15, -0.1) is 0 Å². The first-order valence-corrected chi connectivity index (χ1v) is 11.4. The summed E-state index contributed by atoms with van der Waals surface area (Å²) < 4.78 is 26.5. The van der Waals surface area contributed by atoms with Crippen molar-refractivity contribution in [3.05, 3.63) is 65.9 Å². The summed E-state index contributed by atoms with van der Waals surface area (Å²) in [6.07, 6.45) is 6.95. The maximum Gasteiger partial charge on any atom is 0.250 e. The zero-order valence-electron chi connectivity index (χ0n) is 19.1. The molecule has 0 saturated heterocycles. The van der Waals surface area contributed by atoms with Crippen molar-refractivity contribution in [3.63, 3.8) is 0 Å². The van der Waals surface area contributed by atoms with Gasteiger partial charge >= 0.3 is 0 Å². The number of hydrogen-bond acceptors (Lipinski definition) is 1. The Labute approximate surface area is 183 Å². The lowest BCUT2D eigenvalue weighted by Gasteiger charge is -2.29. The number of benzene rings is 1. The maximum atomic E-state index is 13.2. The van der Waals surface area contributed by atoms with Gasteiger partial charge in [-0.25, -0.2) is 8.78 Å². The Morgan fingerprint density at radius 3 is 2.53 bits per heavy atom. The van der Waals surface area contributed by atoms with Crippen LogP contribution in [0.15, 0.2) is 49.2 Å². The van der Waals surface area contributed by atoms with Crippen LogP contribution in [0.5, 0.6) is 0 Å². The van der Waals surface area contributed by atoms with Gasteiger partial charge in [-0.3, -0.25) is 0 Å². The van der Waals surface area contributed by atoms with Crippen LogP contribution in [0.3, 0.4) is 0 Å². The molecule has 1 aliphatic heterocycles. The third kappa shape index (κ3) is 7.14. The van der Waals surface area contributed by atoms with Crippen molar-refractivity contribution in [2.75, 3.05) is 0 Å². The van der Waals surface area contributed by atoms with Crippen molar-refractivity contribution >= 4 is 12.9 Å². The highest BCUT2D eigenvalue weighted by Crippen LogP contribution is 2.30. The standard InChI is InChI=1S/C26H38BF2N/c1-7-21(8-2)18(3)11-9-12-19(4)23-14-10-13-22-15-25(27-17-24(22)23)30-20(5)16-26(6,28)29/h10,13-14,21,25,27,30H,3-5,7-9,11-12,15-17H2,1-2,6H3. The lowest BCUT2D eigenvalue weighted by atomic mass is 9.57. The molecule has 0 aliphatic carbocycles. The van der Waals surface area contributed by atoms with E-state index in [1.54, 1.807) is 0 Å². The fourth-order valence-corrected chi connectivity index (χ4v) is 4.71. The third-order valence-corrected chi connectivity index (χ3v) is 6.33. The molecule has 30 heavy (non-hydrogen) atoms. The average molecular weight is 413 g/mol. The van der Waals surface area contributed by atoms with Gasteiger partial charge < -0.3 is 5.32 Å². The van der Waals surface area contributed by atoms with Crippen molar-refractivity contribution in [1.82, 2.24) is 5.32 Å². The SMILES string of the molecule is C=C(CC(C)(F)F)NC1BCc2c(cccc2C(=C)CCCC(=C)C(CC)CC)C1. The van der Waals surface area contributed by atoms with Gasteiger partial charge in [-0.1, -0.05) is 57.4 Å². The Hall–Kier alpha value is -1.84. The molecule has 1 aromatic rings. The van der Waals surface area contributed by atoms with Crippen LogP contribution in [0.25, 0.3) is 5.57 Å². The van der Waals surface area contributed by atoms with Gasteiger partial charge in [0.05, 0.1) is 6.42 Å². The molecule has 1 aliphatic rings. The molecule has 1 N–H and O–H groups in total. The van der Waals surface area contributed by atoms with Gasteiger partial charge in [0, 0.05) is 11.6 Å². The van der Waals surface area contributed by atoms with Crippen LogP contribution in [-0.4, -0.2) is 19.1 Å². The zero-order chi connectivity index (χ0) is 22.3. The van der Waals surface area contributed by atoms with E-state index < -0.39 is 5.92 Å². The number of rotatable bonds is 12. The van der Waals surface area contributed by atoms with Gasteiger partial charge in [-0.2, -0.15) is 0 Å². The van der Waals surface area contributed by atoms with Crippen molar-refractivity contribution in [1.29, 1.82) is 0 Å². The van der Waals surface area contributed by atoms with E-state index in [0.29, 0.717) is 11.6 Å². The van der Waals surface area contributed by atoms with Gasteiger partial charge in [0.25, 0.3) is 5.92 Å². The summed E-state index contributed by atoms with van der Waals surface area (Å²) in [5, 5.41) is 3.23. The molecule has 0 amide bonds. The molecule has 2 rings (SSSR count). The first kappa shape index (κ1) is 24.4. The highest BCUT2D eigenvalue weighted by molar-refractivity contribution is 6.38. The monoisotopic (exact) mass is 413 g/mol. The van der Waals surface area contributed by atoms with E-state index >= 15 is 0 Å². The number of nitrogens with one attached hydrogen (secondary N) is 1. The molecule has 0 bridgehead atoms. The molecule has 0 fully saturated rings. The molecule has 1 nitrogen and oxygen atoms in total. The predicted molar refractivity (Wildman–Crippen MR) is 128 cm³/mol. The number of alkyl halides is 2. The number of halogens is 2. The van der Waals surface area contributed by atoms with E-state index in [1.165, 1.54) is 40.7 Å². The van der Waals surface area contributed by atoms with Gasteiger partial charge in [-0.05, 0) is 80.0 Å². The second-order valence-corrected chi connectivity index (χ2v) is 9.01. The van der Waals surface area contributed by atoms with Crippen LogP contribution < -0.4 is 5.32 Å². The van der Waals surface area contributed by atoms with E-state index in [2.05, 4.69) is 57.1 Å². The molecular formula is C26H38BF2N. The van der Waals surface area contributed by atoms with E-state index in [0.717, 1.165) is 46.2 Å². The second-order valence-electron chi connectivity index (χ2n) is 9.01. The molecule has 0 spiro atoms. The number of allylic oxidation sites excluding steroid dienone is 3. The Morgan fingerprint density at radius 2 is 1.90 bits per heavy atom. The minimum Gasteiger partial charge on any atom is -0.393 e. The molecule has 1 heterocycles. The van der Waals surface area contributed by atoms with E-state index in [-0.39, 0.29) is 12.4 Å². The fourth-order valence-electron chi connectivity index (χ4n) is 4.71. The first-order valence-electron chi connectivity index (χ1n) is 11.4. The number of fused-ring (bicyclic) bond motifs is 1. The molecule has 0 radical (unpaired) electrons. The summed E-state index contributed by atoms with van der Waals surface area (Å²) in [5.74, 6) is -1.92. The molecule has 164 valence electrons. The van der Waals surface area contributed by atoms with E-state index in [9.17, 15) is 8.78 Å². The van der Waals surface area contributed by atoms with Crippen molar-refractivity contribution < 1.29 is 8.78 Å². The molecular weight excluding hydrogens is 375 g/mol. The largest absolute Gasteiger partial charge is 0.393 e. The molecule has 4 heteroatoms. The van der Waals surface area contributed by atoms with Crippen LogP contribution in [0, 0.1) is 5.92 Å². The van der Waals surface area contributed by atoms with Crippen LogP contribution in [0.1, 0.15) is 76.0 Å².